The van der Waals surface area contributed by atoms with Crippen LogP contribution in [0.15, 0.2) is 72.8 Å². The summed E-state index contributed by atoms with van der Waals surface area (Å²) in [5.74, 6) is -4.59. The fourth-order valence-corrected chi connectivity index (χ4v) is 7.60. The number of hydrogen-bond acceptors (Lipinski definition) is 12. The van der Waals surface area contributed by atoms with Gasteiger partial charge in [0.05, 0.1) is 18.6 Å². The average molecular weight is 1060 g/mol. The van der Waals surface area contributed by atoms with E-state index >= 15 is 0 Å². The first kappa shape index (κ1) is 65.4. The van der Waals surface area contributed by atoms with Crippen molar-refractivity contribution in [3.63, 3.8) is 0 Å². The summed E-state index contributed by atoms with van der Waals surface area (Å²) in [6.45, 7) is 28.7. The molecule has 0 heterocycles. The number of benzene rings is 3. The number of nitrogens with one attached hydrogen (secondary N) is 5. The molecule has 4 rings (SSSR count). The Labute approximate surface area is 450 Å². The molecule has 0 aliphatic heterocycles. The maximum absolute atomic E-state index is 14.5. The highest BCUT2D eigenvalue weighted by Gasteiger charge is 2.35. The van der Waals surface area contributed by atoms with Crippen LogP contribution >= 0.6 is 0 Å². The van der Waals surface area contributed by atoms with Crippen LogP contribution in [-0.2, 0) is 49.3 Å². The topological polar surface area (TPSA) is 246 Å². The van der Waals surface area contributed by atoms with E-state index in [2.05, 4.69) is 26.6 Å². The van der Waals surface area contributed by atoms with Gasteiger partial charge in [-0.15, -0.1) is 0 Å². The van der Waals surface area contributed by atoms with Gasteiger partial charge >= 0.3 is 24.1 Å². The zero-order chi connectivity index (χ0) is 57.6. The van der Waals surface area contributed by atoms with Gasteiger partial charge in [-0.25, -0.2) is 14.4 Å². The molecule has 422 valence electrons. The predicted molar refractivity (Wildman–Crippen MR) is 293 cm³/mol. The normalized spacial score (nSPS) is 13.6. The van der Waals surface area contributed by atoms with Gasteiger partial charge in [-0.1, -0.05) is 88.4 Å². The highest BCUT2D eigenvalue weighted by Crippen LogP contribution is 2.44. The maximum atomic E-state index is 14.5. The number of carboxylic acid groups (broad SMARTS) is 1. The maximum Gasteiger partial charge on any atom is 0.407 e. The molecule has 4 unspecified atom stereocenters. The van der Waals surface area contributed by atoms with Gasteiger partial charge in [0.1, 0.15) is 53.3 Å². The third-order valence-corrected chi connectivity index (χ3v) is 10.7. The number of carbonyl (C=O) groups excluding carboxylic acids is 6. The summed E-state index contributed by atoms with van der Waals surface area (Å²) in [7, 11) is 0. The molecule has 0 bridgehead atoms. The number of aliphatic carboxylic acids is 1. The van der Waals surface area contributed by atoms with Gasteiger partial charge in [0.15, 0.2) is 0 Å². The second kappa shape index (κ2) is 30.2. The number of carbonyl (C=O) groups is 7. The molecule has 1 aliphatic carbocycles. The standard InChI is InChI=1S/C54H75N5O13.2C2H6/c1-51(2,3)69-32-43(47(63)56-40(48(64)65)23-17-18-28-55-49(66)72-54(10,11)12)58-45(61)41(29-33-24-26-34(27-25-33)70-52(4,5)6)57-46(62)42(30-44(60)71-53(7,8)9)59-50(67)68-31-39-37-21-15-13-19-35(37)36-20-14-16-22-38(36)39;2*1-2/h13-16,19-22,24-27,39-43H,17-18,23,28-32H2,1-12H3,(H,55,66)(H,56,63)(H,57,62)(H,58,61)(H,59,67)(H,64,65);2*1-2H3. The van der Waals surface area contributed by atoms with Crippen LogP contribution in [0.2, 0.25) is 0 Å². The van der Waals surface area contributed by atoms with E-state index < -0.39 is 101 Å². The molecule has 3 aromatic carbocycles. The molecule has 0 spiro atoms. The minimum absolute atomic E-state index is 0.0127. The number of carboxylic acids is 1. The van der Waals surface area contributed by atoms with Crippen LogP contribution in [-0.4, -0.2) is 113 Å². The van der Waals surface area contributed by atoms with Crippen LogP contribution < -0.4 is 31.3 Å². The summed E-state index contributed by atoms with van der Waals surface area (Å²) < 4.78 is 28.4. The zero-order valence-corrected chi connectivity index (χ0v) is 47.8. The van der Waals surface area contributed by atoms with Crippen molar-refractivity contribution in [1.29, 1.82) is 0 Å². The van der Waals surface area contributed by atoms with E-state index in [9.17, 15) is 38.7 Å². The van der Waals surface area contributed by atoms with Crippen molar-refractivity contribution in [1.82, 2.24) is 26.6 Å². The molecule has 0 radical (unpaired) electrons. The number of amides is 5. The Morgan fingerprint density at radius 3 is 1.57 bits per heavy atom. The first-order chi connectivity index (χ1) is 35.5. The van der Waals surface area contributed by atoms with Gasteiger partial charge in [0.2, 0.25) is 17.7 Å². The minimum atomic E-state index is -1.60. The molecule has 4 atom stereocenters. The number of ether oxygens (including phenoxy) is 5. The fraction of sp³-hybridized carbons (Fsp3) is 0.569. The van der Waals surface area contributed by atoms with E-state index in [1.807, 2.05) is 97.0 Å². The number of hydrogen-bond donors (Lipinski definition) is 6. The predicted octanol–water partition coefficient (Wildman–Crippen LogP) is 9.15. The van der Waals surface area contributed by atoms with E-state index in [0.717, 1.165) is 22.3 Å². The lowest BCUT2D eigenvalue weighted by atomic mass is 9.98. The molecule has 18 nitrogen and oxygen atoms in total. The molecule has 76 heavy (non-hydrogen) atoms. The Bertz CT molecular complexity index is 2320. The molecule has 0 saturated carbocycles. The lowest BCUT2D eigenvalue weighted by Crippen LogP contribution is -2.59. The fourth-order valence-electron chi connectivity index (χ4n) is 7.60. The Balaban J connectivity index is 0.00000482. The van der Waals surface area contributed by atoms with Crippen LogP contribution in [0.4, 0.5) is 9.59 Å². The minimum Gasteiger partial charge on any atom is -0.488 e. The largest absolute Gasteiger partial charge is 0.488 e. The smallest absolute Gasteiger partial charge is 0.407 e. The van der Waals surface area contributed by atoms with Crippen molar-refractivity contribution in [3.8, 4) is 16.9 Å². The molecular formula is C58H87N5O13. The van der Waals surface area contributed by atoms with Gasteiger partial charge in [0, 0.05) is 18.9 Å². The van der Waals surface area contributed by atoms with Crippen molar-refractivity contribution in [3.05, 3.63) is 89.5 Å². The van der Waals surface area contributed by atoms with Gasteiger partial charge in [-0.05, 0) is 142 Å². The number of rotatable bonds is 22. The van der Waals surface area contributed by atoms with Crippen LogP contribution in [0.3, 0.4) is 0 Å². The van der Waals surface area contributed by atoms with Crippen LogP contribution in [0.25, 0.3) is 11.1 Å². The Morgan fingerprint density at radius 2 is 1.05 bits per heavy atom. The van der Waals surface area contributed by atoms with Crippen molar-refractivity contribution in [2.75, 3.05) is 19.8 Å². The van der Waals surface area contributed by atoms with Crippen LogP contribution in [0.1, 0.15) is 159 Å². The van der Waals surface area contributed by atoms with E-state index in [1.165, 1.54) is 0 Å². The zero-order valence-electron chi connectivity index (χ0n) is 47.8. The summed E-state index contributed by atoms with van der Waals surface area (Å²) in [5.41, 5.74) is 1.55. The first-order valence-corrected chi connectivity index (χ1v) is 26.3. The van der Waals surface area contributed by atoms with Crippen LogP contribution in [0, 0.1) is 0 Å². The Kier molecular flexibility index (Phi) is 26.0. The summed E-state index contributed by atoms with van der Waals surface area (Å²) in [6, 6.07) is 16.5. The molecule has 6 N–H and O–H groups in total. The summed E-state index contributed by atoms with van der Waals surface area (Å²) in [4.78, 5) is 94.4. The Morgan fingerprint density at radius 1 is 0.553 bits per heavy atom. The molecule has 0 saturated heterocycles. The Hall–Kier alpha value is -6.69. The summed E-state index contributed by atoms with van der Waals surface area (Å²) in [5, 5.41) is 23.1. The highest BCUT2D eigenvalue weighted by molar-refractivity contribution is 5.96. The third-order valence-electron chi connectivity index (χ3n) is 10.7. The molecule has 0 fully saturated rings. The average Bonchev–Trinajstić information content (AvgIpc) is 3.64. The molecule has 18 heteroatoms. The third kappa shape index (κ3) is 23.9. The van der Waals surface area contributed by atoms with E-state index in [-0.39, 0.29) is 31.9 Å². The SMILES string of the molecule is CC.CC.CC(C)(C)OCC(NC(=O)C(Cc1ccc(OC(C)(C)C)cc1)NC(=O)C(CC(=O)OC(C)(C)C)NC(=O)OCC1c2ccccc2-c2ccccc21)C(=O)NC(CCCCNC(=O)OC(C)(C)C)C(=O)O. The summed E-state index contributed by atoms with van der Waals surface area (Å²) >= 11 is 0. The number of alkyl carbamates (subject to hydrolysis) is 2. The van der Waals surface area contributed by atoms with Gasteiger partial charge in [-0.3, -0.25) is 19.2 Å². The van der Waals surface area contributed by atoms with E-state index in [0.29, 0.717) is 24.2 Å². The lowest BCUT2D eigenvalue weighted by molar-refractivity contribution is -0.156. The number of esters is 1. The van der Waals surface area contributed by atoms with Crippen LogP contribution in [0.5, 0.6) is 5.75 Å². The molecular weight excluding hydrogens is 975 g/mol. The van der Waals surface area contributed by atoms with Gasteiger partial charge < -0.3 is 55.4 Å². The second-order valence-electron chi connectivity index (χ2n) is 21.7. The molecule has 0 aromatic heterocycles. The number of fused-ring (bicyclic) bond motifs is 3. The molecule has 3 aromatic rings. The van der Waals surface area contributed by atoms with Crippen molar-refractivity contribution < 1.29 is 62.4 Å². The highest BCUT2D eigenvalue weighted by atomic mass is 16.6. The quantitative estimate of drug-likeness (QED) is 0.0313. The van der Waals surface area contributed by atoms with E-state index in [4.69, 9.17) is 23.7 Å². The summed E-state index contributed by atoms with van der Waals surface area (Å²) in [6.07, 6.45) is -1.75. The van der Waals surface area contributed by atoms with Crippen molar-refractivity contribution in [2.24, 2.45) is 0 Å². The molecule has 5 amide bonds. The van der Waals surface area contributed by atoms with Gasteiger partial charge in [-0.2, -0.15) is 0 Å². The lowest BCUT2D eigenvalue weighted by Gasteiger charge is -2.28. The number of unbranched alkanes of at least 4 members (excludes halogenated alkanes) is 1. The first-order valence-electron chi connectivity index (χ1n) is 26.3. The second-order valence-corrected chi connectivity index (χ2v) is 21.7. The van der Waals surface area contributed by atoms with Crippen molar-refractivity contribution in [2.45, 2.75) is 195 Å². The van der Waals surface area contributed by atoms with E-state index in [1.54, 1.807) is 86.6 Å². The van der Waals surface area contributed by atoms with Gasteiger partial charge in [0.25, 0.3) is 0 Å². The molecule has 1 aliphatic rings. The van der Waals surface area contributed by atoms with Crippen molar-refractivity contribution >= 4 is 41.8 Å². The monoisotopic (exact) mass is 1060 g/mol.